The van der Waals surface area contributed by atoms with Gasteiger partial charge in [-0.1, -0.05) is 18.2 Å². The third-order valence-corrected chi connectivity index (χ3v) is 4.31. The van der Waals surface area contributed by atoms with Gasteiger partial charge in [-0.3, -0.25) is 4.79 Å². The summed E-state index contributed by atoms with van der Waals surface area (Å²) in [4.78, 5) is 14.4. The maximum Gasteiger partial charge on any atom is 0.254 e. The third kappa shape index (κ3) is 2.65. The van der Waals surface area contributed by atoms with Gasteiger partial charge in [-0.25, -0.2) is 0 Å². The van der Waals surface area contributed by atoms with E-state index in [0.717, 1.165) is 29.7 Å². The number of hydrogen-bond acceptors (Lipinski definition) is 2. The highest BCUT2D eigenvalue weighted by Crippen LogP contribution is 2.23. The Kier molecular flexibility index (Phi) is 3.65. The van der Waals surface area contributed by atoms with E-state index in [4.69, 9.17) is 5.73 Å². The van der Waals surface area contributed by atoms with Gasteiger partial charge < -0.3 is 10.6 Å². The molecular weight excluding hydrogens is 363 g/mol. The lowest BCUT2D eigenvalue weighted by molar-refractivity contribution is 0.0727. The number of fused-ring (bicyclic) bond motifs is 1. The van der Waals surface area contributed by atoms with Crippen molar-refractivity contribution in [1.82, 2.24) is 4.90 Å². The molecule has 1 heterocycles. The molecule has 0 saturated carbocycles. The van der Waals surface area contributed by atoms with Crippen LogP contribution in [0.1, 0.15) is 21.5 Å². The minimum Gasteiger partial charge on any atom is -0.399 e. The number of rotatable bonds is 2. The maximum absolute atomic E-state index is 12.5. The van der Waals surface area contributed by atoms with Crippen LogP contribution in [-0.2, 0) is 13.0 Å². The molecule has 0 unspecified atom stereocenters. The summed E-state index contributed by atoms with van der Waals surface area (Å²) in [5.74, 6) is 0.0806. The largest absolute Gasteiger partial charge is 0.399 e. The molecule has 1 aliphatic rings. The number of halogens is 1. The first-order valence-electron chi connectivity index (χ1n) is 6.55. The average Bonchev–Trinajstić information content (AvgIpc) is 2.45. The van der Waals surface area contributed by atoms with E-state index < -0.39 is 0 Å². The SMILES string of the molecule is Nc1ccc2c(c1)C(=O)N(Cc1ccc(I)cc1)CC2. The number of amides is 1. The molecule has 4 heteroatoms. The Labute approximate surface area is 131 Å². The molecule has 0 aromatic heterocycles. The molecule has 2 aromatic carbocycles. The lowest BCUT2D eigenvalue weighted by Gasteiger charge is -2.28. The fourth-order valence-corrected chi connectivity index (χ4v) is 2.86. The third-order valence-electron chi connectivity index (χ3n) is 3.59. The summed E-state index contributed by atoms with van der Waals surface area (Å²) in [6.07, 6.45) is 0.895. The molecular formula is C16H15IN2O. The van der Waals surface area contributed by atoms with Gasteiger partial charge in [0, 0.05) is 27.9 Å². The fourth-order valence-electron chi connectivity index (χ4n) is 2.50. The summed E-state index contributed by atoms with van der Waals surface area (Å²) in [5, 5.41) is 0. The number of nitrogens with two attached hydrogens (primary N) is 1. The molecule has 0 bridgehead atoms. The molecule has 102 valence electrons. The number of nitrogens with zero attached hydrogens (tertiary/aromatic N) is 1. The van der Waals surface area contributed by atoms with E-state index in [1.807, 2.05) is 17.0 Å². The zero-order chi connectivity index (χ0) is 14.1. The maximum atomic E-state index is 12.5. The van der Waals surface area contributed by atoms with Gasteiger partial charge in [-0.15, -0.1) is 0 Å². The predicted molar refractivity (Wildman–Crippen MR) is 88.5 cm³/mol. The zero-order valence-electron chi connectivity index (χ0n) is 11.0. The Morgan fingerprint density at radius 1 is 1.15 bits per heavy atom. The summed E-state index contributed by atoms with van der Waals surface area (Å²) in [6, 6.07) is 13.9. The summed E-state index contributed by atoms with van der Waals surface area (Å²) in [7, 11) is 0. The molecule has 0 spiro atoms. The van der Waals surface area contributed by atoms with Crippen LogP contribution in [0.15, 0.2) is 42.5 Å². The van der Waals surface area contributed by atoms with E-state index in [1.165, 1.54) is 3.57 Å². The van der Waals surface area contributed by atoms with E-state index in [2.05, 4.69) is 46.9 Å². The lowest BCUT2D eigenvalue weighted by Crippen LogP contribution is -2.37. The quantitative estimate of drug-likeness (QED) is 0.645. The summed E-state index contributed by atoms with van der Waals surface area (Å²) >= 11 is 2.28. The van der Waals surface area contributed by atoms with Crippen LogP contribution >= 0.6 is 22.6 Å². The van der Waals surface area contributed by atoms with Gasteiger partial charge in [-0.05, 0) is 64.4 Å². The topological polar surface area (TPSA) is 46.3 Å². The van der Waals surface area contributed by atoms with E-state index in [9.17, 15) is 4.79 Å². The number of carbonyl (C=O) groups excluding carboxylic acids is 1. The summed E-state index contributed by atoms with van der Waals surface area (Å²) < 4.78 is 1.20. The van der Waals surface area contributed by atoms with Gasteiger partial charge in [0.2, 0.25) is 0 Å². The molecule has 0 atom stereocenters. The number of anilines is 1. The molecule has 0 aliphatic carbocycles. The van der Waals surface area contributed by atoms with Crippen LogP contribution in [0.3, 0.4) is 0 Å². The number of hydrogen-bond donors (Lipinski definition) is 1. The highest BCUT2D eigenvalue weighted by molar-refractivity contribution is 14.1. The molecule has 1 amide bonds. The van der Waals surface area contributed by atoms with Crippen LogP contribution in [0.4, 0.5) is 5.69 Å². The second kappa shape index (κ2) is 5.44. The normalized spacial score (nSPS) is 14.2. The smallest absolute Gasteiger partial charge is 0.254 e. The van der Waals surface area contributed by atoms with Gasteiger partial charge in [0.15, 0.2) is 0 Å². The number of benzene rings is 2. The predicted octanol–water partition coefficient (Wildman–Crippen LogP) is 3.07. The molecule has 0 fully saturated rings. The van der Waals surface area contributed by atoms with Crippen molar-refractivity contribution in [1.29, 1.82) is 0 Å². The zero-order valence-corrected chi connectivity index (χ0v) is 13.1. The Bertz CT molecular complexity index is 652. The van der Waals surface area contributed by atoms with Crippen molar-refractivity contribution < 1.29 is 4.79 Å². The van der Waals surface area contributed by atoms with E-state index in [0.29, 0.717) is 12.2 Å². The van der Waals surface area contributed by atoms with Crippen molar-refractivity contribution in [3.63, 3.8) is 0 Å². The van der Waals surface area contributed by atoms with Gasteiger partial charge in [0.1, 0.15) is 0 Å². The lowest BCUT2D eigenvalue weighted by atomic mass is 9.98. The highest BCUT2D eigenvalue weighted by Gasteiger charge is 2.24. The first kappa shape index (κ1) is 13.4. The first-order valence-corrected chi connectivity index (χ1v) is 7.63. The molecule has 0 radical (unpaired) electrons. The van der Waals surface area contributed by atoms with Gasteiger partial charge in [-0.2, -0.15) is 0 Å². The molecule has 2 N–H and O–H groups in total. The first-order chi connectivity index (χ1) is 9.63. The van der Waals surface area contributed by atoms with Gasteiger partial charge in [0.05, 0.1) is 0 Å². The van der Waals surface area contributed by atoms with E-state index >= 15 is 0 Å². The standard InChI is InChI=1S/C16H15IN2O/c17-13-4-1-11(2-5-13)10-19-8-7-12-3-6-14(18)9-15(12)16(19)20/h1-6,9H,7-8,10,18H2. The molecule has 3 nitrogen and oxygen atoms in total. The van der Waals surface area contributed by atoms with Gasteiger partial charge in [0.25, 0.3) is 5.91 Å². The van der Waals surface area contributed by atoms with Crippen molar-refractivity contribution in [3.05, 3.63) is 62.7 Å². The summed E-state index contributed by atoms with van der Waals surface area (Å²) in [5.41, 5.74) is 9.44. The molecule has 3 rings (SSSR count). The molecule has 2 aromatic rings. The van der Waals surface area contributed by atoms with Crippen LogP contribution < -0.4 is 5.73 Å². The Morgan fingerprint density at radius 3 is 2.65 bits per heavy atom. The van der Waals surface area contributed by atoms with Crippen molar-refractivity contribution in [2.75, 3.05) is 12.3 Å². The van der Waals surface area contributed by atoms with Crippen molar-refractivity contribution in [2.45, 2.75) is 13.0 Å². The minimum absolute atomic E-state index is 0.0806. The highest BCUT2D eigenvalue weighted by atomic mass is 127. The minimum atomic E-state index is 0.0806. The van der Waals surface area contributed by atoms with Gasteiger partial charge >= 0.3 is 0 Å². The fraction of sp³-hybridized carbons (Fsp3) is 0.188. The number of nitrogen functional groups attached to an aromatic ring is 1. The van der Waals surface area contributed by atoms with E-state index in [1.54, 1.807) is 6.07 Å². The molecule has 1 aliphatic heterocycles. The van der Waals surface area contributed by atoms with Crippen LogP contribution in [0, 0.1) is 3.57 Å². The molecule has 0 saturated heterocycles. The van der Waals surface area contributed by atoms with Crippen molar-refractivity contribution in [2.24, 2.45) is 0 Å². The van der Waals surface area contributed by atoms with Crippen LogP contribution in [0.2, 0.25) is 0 Å². The Balaban J connectivity index is 1.83. The van der Waals surface area contributed by atoms with Crippen LogP contribution in [-0.4, -0.2) is 17.4 Å². The van der Waals surface area contributed by atoms with Crippen molar-refractivity contribution in [3.8, 4) is 0 Å². The monoisotopic (exact) mass is 378 g/mol. The van der Waals surface area contributed by atoms with Crippen molar-refractivity contribution >= 4 is 34.2 Å². The second-order valence-corrected chi connectivity index (χ2v) is 6.27. The Morgan fingerprint density at radius 2 is 1.90 bits per heavy atom. The van der Waals surface area contributed by atoms with Crippen LogP contribution in [0.5, 0.6) is 0 Å². The van der Waals surface area contributed by atoms with E-state index in [-0.39, 0.29) is 5.91 Å². The summed E-state index contributed by atoms with van der Waals surface area (Å²) in [6.45, 7) is 1.42. The average molecular weight is 378 g/mol. The molecule has 20 heavy (non-hydrogen) atoms. The second-order valence-electron chi connectivity index (χ2n) is 5.02. The number of carbonyl (C=O) groups is 1. The van der Waals surface area contributed by atoms with Crippen LogP contribution in [0.25, 0.3) is 0 Å². The Hall–Kier alpha value is -1.56.